The first-order valence-corrected chi connectivity index (χ1v) is 30.1. The lowest BCUT2D eigenvalue weighted by molar-refractivity contribution is 0.302. The van der Waals surface area contributed by atoms with E-state index in [2.05, 4.69) is 105 Å². The minimum Gasteiger partial charge on any atom is -0.465 e. The second kappa shape index (κ2) is 26.6. The van der Waals surface area contributed by atoms with E-state index < -0.39 is 5.69 Å². The third-order valence-electron chi connectivity index (χ3n) is 12.7. The zero-order chi connectivity index (χ0) is 65.1. The highest BCUT2D eigenvalue weighted by atomic mass is 127. The fourth-order valence-electron chi connectivity index (χ4n) is 8.21. The number of hydrogen-bond acceptors (Lipinski definition) is 28. The standard InChI is InChI=1S/C13H15N7O2S.C12H15N7O2S.C11H13N7O2S.C10H10IN7O2S/c1-18-10(8-3-4-8)9(7-22-12-14-5-6-23-12)11(15-18)20-13(21)19(2)16-17-20;1-4-9-8(7-21-11-13-5-6-22-11)10(14-17(9)2)19-12(20)18(3)15-16-19;1-7-8(6-20-10-12-4-5-21-10)9(13-16(7)2)18-11(19)17(3)14-15-18;1-16-7(11)6(5-20-9-12-3-4-21-9)8(13-16)18-10(19)17(2)14-15-18/h5-6,8H,3-4,7H2,1-2H3;5-6H,4,7H2,1-3H3;4-5H,6H2,1-3H3;3-4H,5H2,1-2H3/i2*5T;4T;3T. The van der Waals surface area contributed by atoms with E-state index in [-0.39, 0.29) is 68.2 Å². The highest BCUT2D eigenvalue weighted by Crippen LogP contribution is 2.43. The van der Waals surface area contributed by atoms with Gasteiger partial charge >= 0.3 is 22.8 Å². The SMILES string of the molecule is [3H]c1csc(OCc2c(-n3nnn(C)c3=O)nn(C)c2C)n1.[3H]c1csc(OCc2c(-n3nnn(C)c3=O)nn(C)c2C2CC2)n1.[3H]c1csc(OCc2c(-n3nnn(C)c3=O)nn(C)c2CC)n1.[3H]c1csc(OCc2c(-n3nnn(C)c3=O)nn(C)c2I)n1. The lowest BCUT2D eigenvalue weighted by Crippen LogP contribution is -2.23. The molecule has 0 radical (unpaired) electrons. The molecular weight excluding hydrogens is 1330 g/mol. The first-order valence-electron chi connectivity index (χ1n) is 27.5. The molecule has 0 aromatic carbocycles. The molecule has 0 aliphatic heterocycles. The van der Waals surface area contributed by atoms with Gasteiger partial charge in [0.1, 0.15) is 30.1 Å². The minimum atomic E-state index is -0.390. The minimum absolute atomic E-state index is 0.159. The van der Waals surface area contributed by atoms with Crippen molar-refractivity contribution in [3.8, 4) is 44.0 Å². The van der Waals surface area contributed by atoms with Crippen LogP contribution in [0.5, 0.6) is 20.8 Å². The number of thiazole rings is 4. The van der Waals surface area contributed by atoms with Crippen LogP contribution in [0.25, 0.3) is 23.3 Å². The van der Waals surface area contributed by atoms with Crippen LogP contribution in [0.4, 0.5) is 0 Å². The van der Waals surface area contributed by atoms with Crippen LogP contribution < -0.4 is 41.7 Å². The zero-order valence-electron chi connectivity index (χ0n) is 51.6. The number of ether oxygens (including phenoxy) is 4. The van der Waals surface area contributed by atoms with Gasteiger partial charge in [0.25, 0.3) is 20.8 Å². The summed E-state index contributed by atoms with van der Waals surface area (Å²) in [6.07, 6.45) is 3.56. The summed E-state index contributed by atoms with van der Waals surface area (Å²) in [5, 5.41) is 55.5. The Morgan fingerprint density at radius 2 is 0.793 bits per heavy atom. The predicted molar refractivity (Wildman–Crippen MR) is 318 cm³/mol. The third kappa shape index (κ3) is 13.3. The van der Waals surface area contributed by atoms with Crippen molar-refractivity contribution in [2.45, 2.75) is 65.5 Å². The van der Waals surface area contributed by atoms with E-state index in [0.717, 1.165) is 83.9 Å². The molecule has 456 valence electrons. The summed E-state index contributed by atoms with van der Waals surface area (Å²) in [6, 6.07) is 0. The summed E-state index contributed by atoms with van der Waals surface area (Å²) < 4.78 is 68.9. The molecule has 12 aromatic heterocycles. The molecule has 1 fully saturated rings. The summed E-state index contributed by atoms with van der Waals surface area (Å²) in [5.74, 6) is 1.99. The maximum absolute atomic E-state index is 12.2. The molecule has 0 spiro atoms. The molecule has 87 heavy (non-hydrogen) atoms. The first kappa shape index (κ1) is 55.6. The summed E-state index contributed by atoms with van der Waals surface area (Å²) in [5.41, 5.74) is 4.28. The molecule has 1 aliphatic carbocycles. The smallest absolute Gasteiger partial charge is 0.369 e. The van der Waals surface area contributed by atoms with Crippen LogP contribution in [0, 0.1) is 10.6 Å². The van der Waals surface area contributed by atoms with Gasteiger partial charge in [-0.15, -0.1) is 18.7 Å². The van der Waals surface area contributed by atoms with Crippen molar-refractivity contribution >= 4 is 67.9 Å². The van der Waals surface area contributed by atoms with E-state index in [9.17, 15) is 19.2 Å². The van der Waals surface area contributed by atoms with E-state index in [1.165, 1.54) is 78.2 Å². The number of halogens is 1. The van der Waals surface area contributed by atoms with Gasteiger partial charge < -0.3 is 18.9 Å². The first-order chi connectivity index (χ1) is 43.5. The topological polar surface area (TPSA) is 371 Å². The van der Waals surface area contributed by atoms with Gasteiger partial charge in [0.15, 0.2) is 23.3 Å². The predicted octanol–water partition coefficient (Wildman–Crippen LogP) is 1.29. The van der Waals surface area contributed by atoms with E-state index >= 15 is 0 Å². The Balaban J connectivity index is 0.000000133. The Morgan fingerprint density at radius 1 is 0.460 bits per heavy atom. The third-order valence-corrected chi connectivity index (χ3v) is 16.6. The molecule has 0 N–H and O–H groups in total. The molecule has 41 heteroatoms. The fourth-order valence-corrected chi connectivity index (χ4v) is 10.5. The van der Waals surface area contributed by atoms with Gasteiger partial charge in [-0.1, -0.05) is 52.3 Å². The zero-order valence-corrected chi connectivity index (χ0v) is 53.1. The molecule has 13 rings (SSSR count). The highest BCUT2D eigenvalue weighted by molar-refractivity contribution is 14.1. The normalized spacial score (nSPS) is 12.5. The monoisotopic (exact) mass is 1390 g/mol. The lowest BCUT2D eigenvalue weighted by atomic mass is 10.1. The second-order valence-electron chi connectivity index (χ2n) is 18.4. The lowest BCUT2D eigenvalue weighted by Gasteiger charge is -2.06. The molecule has 0 amide bonds. The van der Waals surface area contributed by atoms with Crippen LogP contribution in [-0.4, -0.2) is 138 Å². The van der Waals surface area contributed by atoms with Crippen LogP contribution >= 0.6 is 67.9 Å². The quantitative estimate of drug-likeness (QED) is 0.109. The number of nitrogens with zero attached hydrogens (tertiary/aromatic N) is 28. The van der Waals surface area contributed by atoms with Crippen molar-refractivity contribution in [1.82, 2.24) is 138 Å². The molecule has 0 unspecified atom stereocenters. The molecular formula is C46H53IN28O8S4. The Kier molecular flexibility index (Phi) is 17.0. The maximum Gasteiger partial charge on any atom is 0.369 e. The summed E-state index contributed by atoms with van der Waals surface area (Å²) >= 11 is 7.11. The van der Waals surface area contributed by atoms with Gasteiger partial charge in [-0.05, 0) is 90.5 Å². The number of rotatable bonds is 18. The maximum atomic E-state index is 12.2. The molecule has 0 saturated heterocycles. The van der Waals surface area contributed by atoms with Gasteiger partial charge in [-0.2, -0.15) is 39.1 Å². The van der Waals surface area contributed by atoms with E-state index in [4.69, 9.17) is 24.4 Å². The fraction of sp³-hybridized carbons (Fsp3) is 0.391. The number of hydrogen-bond donors (Lipinski definition) is 0. The Hall–Kier alpha value is -9.23. The number of aromatic nitrogens is 28. The van der Waals surface area contributed by atoms with Crippen molar-refractivity contribution in [3.05, 3.63) is 131 Å². The van der Waals surface area contributed by atoms with Crippen LogP contribution in [0.15, 0.2) is 65.4 Å². The van der Waals surface area contributed by atoms with Crippen molar-refractivity contribution < 1.29 is 24.4 Å². The van der Waals surface area contributed by atoms with Crippen LogP contribution in [0.3, 0.4) is 0 Å². The summed E-state index contributed by atoms with van der Waals surface area (Å²) in [4.78, 5) is 64.0. The van der Waals surface area contributed by atoms with Crippen LogP contribution in [0.1, 0.15) is 70.5 Å². The highest BCUT2D eigenvalue weighted by Gasteiger charge is 2.33. The van der Waals surface area contributed by atoms with Crippen molar-refractivity contribution in [2.75, 3.05) is 0 Å². The summed E-state index contributed by atoms with van der Waals surface area (Å²) in [6.45, 7) is 4.60. The van der Waals surface area contributed by atoms with E-state index in [0.29, 0.717) is 61.1 Å². The molecule has 0 atom stereocenters. The molecule has 1 aliphatic rings. The van der Waals surface area contributed by atoms with Crippen LogP contribution in [-0.2, 0) is 89.2 Å². The van der Waals surface area contributed by atoms with Gasteiger partial charge in [-0.25, -0.2) is 39.1 Å². The Labute approximate surface area is 524 Å². The number of aryl methyl sites for hydroxylation is 8. The Morgan fingerprint density at radius 3 is 1.16 bits per heavy atom. The van der Waals surface area contributed by atoms with Crippen molar-refractivity contribution in [3.63, 3.8) is 0 Å². The average molecular weight is 1390 g/mol. The molecule has 1 saturated carbocycles. The summed E-state index contributed by atoms with van der Waals surface area (Å²) in [7, 11) is 13.3. The molecule has 0 bridgehead atoms. The van der Waals surface area contributed by atoms with Gasteiger partial charge in [0, 0.05) is 120 Å². The van der Waals surface area contributed by atoms with Crippen LogP contribution in [0.2, 0.25) is 0 Å². The molecule has 12 aromatic rings. The number of tetrazole rings is 4. The molecule has 36 nitrogen and oxygen atoms in total. The van der Waals surface area contributed by atoms with E-state index in [1.54, 1.807) is 61.4 Å². The van der Waals surface area contributed by atoms with Crippen molar-refractivity contribution in [1.29, 1.82) is 0 Å². The second-order valence-corrected chi connectivity index (χ2v) is 22.7. The molecule has 12 heterocycles. The van der Waals surface area contributed by atoms with E-state index in [1.807, 2.05) is 20.9 Å². The Bertz CT molecular complexity index is 4640. The van der Waals surface area contributed by atoms with Gasteiger partial charge in [0.2, 0.25) is 0 Å². The van der Waals surface area contributed by atoms with Gasteiger partial charge in [-0.3, -0.25) is 18.7 Å². The average Bonchev–Trinajstić information content (AvgIpc) is 1.66. The largest absolute Gasteiger partial charge is 0.465 e. The van der Waals surface area contributed by atoms with Gasteiger partial charge in [0.05, 0.1) is 33.4 Å². The van der Waals surface area contributed by atoms with Crippen molar-refractivity contribution in [2.24, 2.45) is 56.4 Å².